The van der Waals surface area contributed by atoms with Crippen molar-refractivity contribution in [1.82, 2.24) is 9.97 Å². The second-order valence-electron chi connectivity index (χ2n) is 8.99. The molecule has 4 nitrogen and oxygen atoms in total. The van der Waals surface area contributed by atoms with E-state index in [2.05, 4.69) is 23.8 Å². The largest absolute Gasteiger partial charge is 0.424 e. The summed E-state index contributed by atoms with van der Waals surface area (Å²) < 4.78 is 20.2. The van der Waals surface area contributed by atoms with Gasteiger partial charge in [-0.25, -0.2) is 19.2 Å². The topological polar surface area (TPSA) is 52.1 Å². The highest BCUT2D eigenvalue weighted by atomic mass is 19.1. The third kappa shape index (κ3) is 6.96. The Labute approximate surface area is 202 Å². The molecule has 0 spiro atoms. The predicted molar refractivity (Wildman–Crippen MR) is 135 cm³/mol. The van der Waals surface area contributed by atoms with E-state index in [1.807, 2.05) is 48.8 Å². The van der Waals surface area contributed by atoms with E-state index >= 15 is 0 Å². The summed E-state index contributed by atoms with van der Waals surface area (Å²) in [6, 6.07) is 15.1. The minimum absolute atomic E-state index is 0.179. The molecule has 1 unspecified atom stereocenters. The number of nitrogens with zero attached hydrogens (tertiary/aromatic N) is 2. The standard InChI is InChI=1S/C29H35FN2O2/c1-4-6-7-8-11-19-29(3,30)28(33)34-24-17-15-23(16-18-24)25-13-9-10-14-26(25)27-31-20-22(12-5-2)21-32-27/h9-10,13-18,20-21H,4-8,11-12,19H2,1-3H3. The van der Waals surface area contributed by atoms with Gasteiger partial charge in [-0.05, 0) is 55.0 Å². The van der Waals surface area contributed by atoms with Gasteiger partial charge in [0.15, 0.2) is 5.82 Å². The first-order valence-corrected chi connectivity index (χ1v) is 12.4. The van der Waals surface area contributed by atoms with Gasteiger partial charge in [0.25, 0.3) is 0 Å². The Bertz CT molecular complexity index is 1050. The molecule has 2 aromatic carbocycles. The number of ether oxygens (including phenoxy) is 1. The highest BCUT2D eigenvalue weighted by Gasteiger charge is 2.34. The Morgan fingerprint density at radius 3 is 2.18 bits per heavy atom. The molecule has 0 radical (unpaired) electrons. The zero-order valence-corrected chi connectivity index (χ0v) is 20.5. The van der Waals surface area contributed by atoms with E-state index in [0.29, 0.717) is 18.0 Å². The van der Waals surface area contributed by atoms with E-state index < -0.39 is 11.6 Å². The molecule has 1 atom stereocenters. The van der Waals surface area contributed by atoms with Crippen molar-refractivity contribution in [3.8, 4) is 28.3 Å². The van der Waals surface area contributed by atoms with Crippen molar-refractivity contribution < 1.29 is 13.9 Å². The number of aromatic nitrogens is 2. The maximum Gasteiger partial charge on any atom is 0.348 e. The zero-order valence-electron chi connectivity index (χ0n) is 20.5. The summed E-state index contributed by atoms with van der Waals surface area (Å²) in [6.07, 6.45) is 10.9. The maximum atomic E-state index is 14.9. The maximum absolute atomic E-state index is 14.9. The van der Waals surface area contributed by atoms with Crippen LogP contribution in [0.15, 0.2) is 60.9 Å². The van der Waals surface area contributed by atoms with Gasteiger partial charge in [0.05, 0.1) is 0 Å². The molecule has 0 amide bonds. The molecule has 1 aromatic heterocycles. The molecule has 0 fully saturated rings. The normalized spacial score (nSPS) is 12.8. The lowest BCUT2D eigenvalue weighted by Crippen LogP contribution is -2.34. The summed E-state index contributed by atoms with van der Waals surface area (Å²) in [6.45, 7) is 5.58. The van der Waals surface area contributed by atoms with Crippen LogP contribution in [0, 0.1) is 0 Å². The van der Waals surface area contributed by atoms with Gasteiger partial charge in [0, 0.05) is 18.0 Å². The zero-order chi connectivity index (χ0) is 24.4. The van der Waals surface area contributed by atoms with Gasteiger partial charge in [-0.15, -0.1) is 0 Å². The van der Waals surface area contributed by atoms with Gasteiger partial charge >= 0.3 is 5.97 Å². The van der Waals surface area contributed by atoms with Crippen LogP contribution in [0.5, 0.6) is 5.75 Å². The van der Waals surface area contributed by atoms with Crippen LogP contribution in [0.3, 0.4) is 0 Å². The van der Waals surface area contributed by atoms with Crippen molar-refractivity contribution in [2.45, 2.75) is 77.8 Å². The van der Waals surface area contributed by atoms with Gasteiger partial charge in [0.1, 0.15) is 5.75 Å². The third-order valence-corrected chi connectivity index (χ3v) is 5.96. The lowest BCUT2D eigenvalue weighted by molar-refractivity contribution is -0.147. The molecule has 1 heterocycles. The van der Waals surface area contributed by atoms with Crippen LogP contribution in [0.2, 0.25) is 0 Å². The fraction of sp³-hybridized carbons (Fsp3) is 0.414. The number of hydrogen-bond acceptors (Lipinski definition) is 4. The number of carbonyl (C=O) groups is 1. The number of benzene rings is 2. The lowest BCUT2D eigenvalue weighted by atomic mass is 9.98. The van der Waals surface area contributed by atoms with Crippen molar-refractivity contribution >= 4 is 5.97 Å². The molecule has 0 aliphatic rings. The minimum Gasteiger partial charge on any atom is -0.424 e. The molecule has 180 valence electrons. The SMILES string of the molecule is CCCCCCCC(C)(F)C(=O)Oc1ccc(-c2ccccc2-c2ncc(CCC)cn2)cc1. The van der Waals surface area contributed by atoms with Gasteiger partial charge in [0.2, 0.25) is 5.67 Å². The second kappa shape index (κ2) is 12.4. The monoisotopic (exact) mass is 462 g/mol. The first kappa shape index (κ1) is 25.5. The Kier molecular flexibility index (Phi) is 9.32. The fourth-order valence-electron chi connectivity index (χ4n) is 3.92. The third-order valence-electron chi connectivity index (χ3n) is 5.96. The fourth-order valence-corrected chi connectivity index (χ4v) is 3.92. The number of unbranched alkanes of at least 4 members (excludes halogenated alkanes) is 4. The van der Waals surface area contributed by atoms with E-state index in [0.717, 1.165) is 60.8 Å². The van der Waals surface area contributed by atoms with Crippen molar-refractivity contribution in [1.29, 1.82) is 0 Å². The number of carbonyl (C=O) groups excluding carboxylic acids is 1. The number of halogens is 1. The Balaban J connectivity index is 1.68. The average Bonchev–Trinajstić information content (AvgIpc) is 2.85. The lowest BCUT2D eigenvalue weighted by Gasteiger charge is -2.18. The Morgan fingerprint density at radius 2 is 1.53 bits per heavy atom. The Morgan fingerprint density at radius 1 is 0.882 bits per heavy atom. The second-order valence-corrected chi connectivity index (χ2v) is 8.99. The first-order chi connectivity index (χ1) is 16.4. The summed E-state index contributed by atoms with van der Waals surface area (Å²) >= 11 is 0. The van der Waals surface area contributed by atoms with Gasteiger partial charge < -0.3 is 4.74 Å². The molecule has 0 saturated heterocycles. The average molecular weight is 463 g/mol. The molecule has 34 heavy (non-hydrogen) atoms. The van der Waals surface area contributed by atoms with Crippen molar-refractivity contribution in [3.63, 3.8) is 0 Å². The van der Waals surface area contributed by atoms with E-state index in [1.54, 1.807) is 12.1 Å². The molecule has 0 saturated carbocycles. The minimum atomic E-state index is -1.99. The van der Waals surface area contributed by atoms with Crippen LogP contribution < -0.4 is 4.74 Å². The summed E-state index contributed by atoms with van der Waals surface area (Å²) in [7, 11) is 0. The molecule has 0 N–H and O–H groups in total. The number of rotatable bonds is 12. The molecule has 0 aliphatic carbocycles. The number of esters is 1. The highest BCUT2D eigenvalue weighted by molar-refractivity contribution is 5.82. The van der Waals surface area contributed by atoms with E-state index in [4.69, 9.17) is 4.74 Å². The molecular weight excluding hydrogens is 427 g/mol. The summed E-state index contributed by atoms with van der Waals surface area (Å²) in [4.78, 5) is 21.5. The number of aryl methyl sites for hydroxylation is 1. The summed E-state index contributed by atoms with van der Waals surface area (Å²) in [5.74, 6) is 0.163. The van der Waals surface area contributed by atoms with Crippen LogP contribution in [-0.2, 0) is 11.2 Å². The molecule has 0 aliphatic heterocycles. The quantitative estimate of drug-likeness (QED) is 0.157. The van der Waals surface area contributed by atoms with E-state index in [-0.39, 0.29) is 6.42 Å². The molecule has 3 rings (SSSR count). The first-order valence-electron chi connectivity index (χ1n) is 12.4. The molecule has 3 aromatic rings. The molecule has 0 bridgehead atoms. The smallest absolute Gasteiger partial charge is 0.348 e. The van der Waals surface area contributed by atoms with Gasteiger partial charge in [-0.2, -0.15) is 0 Å². The van der Waals surface area contributed by atoms with Gasteiger partial charge in [-0.1, -0.05) is 82.3 Å². The van der Waals surface area contributed by atoms with Crippen LogP contribution >= 0.6 is 0 Å². The van der Waals surface area contributed by atoms with Crippen LogP contribution in [0.1, 0.15) is 71.3 Å². The van der Waals surface area contributed by atoms with Crippen molar-refractivity contribution in [2.75, 3.05) is 0 Å². The summed E-state index contributed by atoms with van der Waals surface area (Å²) in [5, 5.41) is 0. The number of alkyl halides is 1. The van der Waals surface area contributed by atoms with Gasteiger partial charge in [-0.3, -0.25) is 0 Å². The van der Waals surface area contributed by atoms with Crippen LogP contribution in [0.25, 0.3) is 22.5 Å². The molecular formula is C29H35FN2O2. The number of hydrogen-bond donors (Lipinski definition) is 0. The summed E-state index contributed by atoms with van der Waals surface area (Å²) in [5.41, 5.74) is 1.98. The van der Waals surface area contributed by atoms with Crippen LogP contribution in [-0.4, -0.2) is 21.6 Å². The van der Waals surface area contributed by atoms with E-state index in [1.165, 1.54) is 6.92 Å². The Hall–Kier alpha value is -3.08. The predicted octanol–water partition coefficient (Wildman–Crippen LogP) is 7.76. The highest BCUT2D eigenvalue weighted by Crippen LogP contribution is 2.31. The molecule has 5 heteroatoms. The van der Waals surface area contributed by atoms with Crippen LogP contribution in [0.4, 0.5) is 4.39 Å². The van der Waals surface area contributed by atoms with Crippen molar-refractivity contribution in [3.05, 3.63) is 66.5 Å². The van der Waals surface area contributed by atoms with Crippen molar-refractivity contribution in [2.24, 2.45) is 0 Å². The van der Waals surface area contributed by atoms with E-state index in [9.17, 15) is 9.18 Å².